The molecule has 1 aromatic heterocycles. The van der Waals surface area contributed by atoms with Crippen LogP contribution in [0.5, 0.6) is 0 Å². The van der Waals surface area contributed by atoms with E-state index in [1.54, 1.807) is 12.4 Å². The summed E-state index contributed by atoms with van der Waals surface area (Å²) in [5, 5.41) is 10.4. The number of hydrogen-bond donors (Lipinski definition) is 1. The lowest BCUT2D eigenvalue weighted by Crippen LogP contribution is -2.40. The summed E-state index contributed by atoms with van der Waals surface area (Å²) in [5.41, 5.74) is 1.10. The van der Waals surface area contributed by atoms with Crippen LogP contribution in [0.15, 0.2) is 18.5 Å². The van der Waals surface area contributed by atoms with Crippen molar-refractivity contribution in [2.75, 3.05) is 6.54 Å². The largest absolute Gasteiger partial charge is 0.392 e. The van der Waals surface area contributed by atoms with Gasteiger partial charge in [-0.05, 0) is 31.4 Å². The van der Waals surface area contributed by atoms with E-state index in [0.717, 1.165) is 12.1 Å². The molecule has 2 rings (SSSR count). The molecule has 0 saturated heterocycles. The first-order valence-electron chi connectivity index (χ1n) is 7.17. The number of halogens is 1. The summed E-state index contributed by atoms with van der Waals surface area (Å²) in [6.07, 6.45) is 9.57. The van der Waals surface area contributed by atoms with Crippen molar-refractivity contribution < 1.29 is 5.11 Å². The minimum Gasteiger partial charge on any atom is -0.392 e. The van der Waals surface area contributed by atoms with Crippen LogP contribution < -0.4 is 0 Å². The topological polar surface area (TPSA) is 36.4 Å². The van der Waals surface area contributed by atoms with Crippen LogP contribution in [0, 0.1) is 0 Å². The zero-order valence-corrected chi connectivity index (χ0v) is 12.3. The molecule has 0 aliphatic heterocycles. The first kappa shape index (κ1) is 14.8. The normalized spacial score (nSPS) is 18.7. The second-order valence-corrected chi connectivity index (χ2v) is 5.94. The first-order valence-corrected chi connectivity index (χ1v) is 7.55. The van der Waals surface area contributed by atoms with Crippen LogP contribution in [0.3, 0.4) is 0 Å². The second-order valence-electron chi connectivity index (χ2n) is 5.54. The summed E-state index contributed by atoms with van der Waals surface area (Å²) in [6.45, 7) is 3.37. The van der Waals surface area contributed by atoms with E-state index in [4.69, 9.17) is 11.6 Å². The lowest BCUT2D eigenvalue weighted by Gasteiger charge is -2.35. The van der Waals surface area contributed by atoms with Crippen LogP contribution in [-0.2, 0) is 6.54 Å². The molecule has 1 N–H and O–H groups in total. The highest BCUT2D eigenvalue weighted by atomic mass is 35.5. The molecule has 106 valence electrons. The van der Waals surface area contributed by atoms with Gasteiger partial charge in [-0.25, -0.2) is 0 Å². The maximum Gasteiger partial charge on any atom is 0.0639 e. The fourth-order valence-electron chi connectivity index (χ4n) is 2.88. The molecule has 1 unspecified atom stereocenters. The average molecular weight is 283 g/mol. The number of aliphatic hydroxyl groups is 1. The van der Waals surface area contributed by atoms with Gasteiger partial charge in [-0.2, -0.15) is 0 Å². The molecular formula is C15H23ClN2O. The van der Waals surface area contributed by atoms with E-state index >= 15 is 0 Å². The molecule has 3 nitrogen and oxygen atoms in total. The molecule has 0 bridgehead atoms. The Morgan fingerprint density at radius 2 is 2.16 bits per heavy atom. The van der Waals surface area contributed by atoms with Crippen molar-refractivity contribution in [3.8, 4) is 0 Å². The second kappa shape index (κ2) is 7.22. The number of rotatable bonds is 5. The van der Waals surface area contributed by atoms with E-state index in [-0.39, 0.29) is 6.10 Å². The fraction of sp³-hybridized carbons (Fsp3) is 0.667. The number of aromatic nitrogens is 1. The molecule has 1 heterocycles. The number of pyridine rings is 1. The van der Waals surface area contributed by atoms with E-state index in [1.807, 2.05) is 13.0 Å². The van der Waals surface area contributed by atoms with Gasteiger partial charge in [0.25, 0.3) is 0 Å². The summed E-state index contributed by atoms with van der Waals surface area (Å²) >= 11 is 6.19. The Hall–Kier alpha value is -0.640. The molecule has 1 aromatic rings. The van der Waals surface area contributed by atoms with Crippen molar-refractivity contribution in [2.24, 2.45) is 0 Å². The first-order chi connectivity index (χ1) is 9.16. The SMILES string of the molecule is CC(O)CN(Cc1ccncc1Cl)C1CCCCC1. The van der Waals surface area contributed by atoms with E-state index in [0.29, 0.717) is 17.6 Å². The van der Waals surface area contributed by atoms with Crippen molar-refractivity contribution in [3.63, 3.8) is 0 Å². The van der Waals surface area contributed by atoms with Gasteiger partial charge < -0.3 is 5.11 Å². The van der Waals surface area contributed by atoms with Crippen LogP contribution >= 0.6 is 11.6 Å². The molecule has 1 saturated carbocycles. The van der Waals surface area contributed by atoms with Gasteiger partial charge in [-0.1, -0.05) is 30.9 Å². The average Bonchev–Trinajstić information content (AvgIpc) is 2.41. The monoisotopic (exact) mass is 282 g/mol. The van der Waals surface area contributed by atoms with Crippen LogP contribution in [0.1, 0.15) is 44.6 Å². The summed E-state index contributed by atoms with van der Waals surface area (Å²) < 4.78 is 0. The third-order valence-corrected chi connectivity index (χ3v) is 4.16. The zero-order valence-electron chi connectivity index (χ0n) is 11.6. The van der Waals surface area contributed by atoms with E-state index < -0.39 is 0 Å². The molecule has 19 heavy (non-hydrogen) atoms. The lowest BCUT2D eigenvalue weighted by molar-refractivity contribution is 0.0769. The van der Waals surface area contributed by atoms with Gasteiger partial charge in [0.2, 0.25) is 0 Å². The van der Waals surface area contributed by atoms with Gasteiger partial charge in [0.15, 0.2) is 0 Å². The smallest absolute Gasteiger partial charge is 0.0639 e. The maximum atomic E-state index is 9.71. The number of hydrogen-bond acceptors (Lipinski definition) is 3. The van der Waals surface area contributed by atoms with Crippen molar-refractivity contribution in [2.45, 2.75) is 57.7 Å². The number of nitrogens with zero attached hydrogens (tertiary/aromatic N) is 2. The molecule has 4 heteroatoms. The van der Waals surface area contributed by atoms with Crippen molar-refractivity contribution in [1.82, 2.24) is 9.88 Å². The Labute approximate surface area is 120 Å². The minimum absolute atomic E-state index is 0.303. The standard InChI is InChI=1S/C15H23ClN2O/c1-12(19)10-18(14-5-3-2-4-6-14)11-13-7-8-17-9-15(13)16/h7-9,12,14,19H,2-6,10-11H2,1H3. The van der Waals surface area contributed by atoms with Gasteiger partial charge in [-0.3, -0.25) is 9.88 Å². The maximum absolute atomic E-state index is 9.71. The number of aliphatic hydroxyl groups excluding tert-OH is 1. The predicted octanol–water partition coefficient (Wildman–Crippen LogP) is 3.25. The lowest BCUT2D eigenvalue weighted by atomic mass is 9.93. The van der Waals surface area contributed by atoms with Crippen LogP contribution in [-0.4, -0.2) is 33.7 Å². The molecule has 1 aliphatic rings. The summed E-state index contributed by atoms with van der Waals surface area (Å²) in [5.74, 6) is 0. The zero-order chi connectivity index (χ0) is 13.7. The van der Waals surface area contributed by atoms with Crippen molar-refractivity contribution >= 4 is 11.6 Å². The van der Waals surface area contributed by atoms with Crippen molar-refractivity contribution in [3.05, 3.63) is 29.0 Å². The van der Waals surface area contributed by atoms with Crippen molar-refractivity contribution in [1.29, 1.82) is 0 Å². The fourth-order valence-corrected chi connectivity index (χ4v) is 3.06. The van der Waals surface area contributed by atoms with Gasteiger partial charge in [-0.15, -0.1) is 0 Å². The summed E-state index contributed by atoms with van der Waals surface area (Å²) in [6, 6.07) is 2.55. The molecule has 1 fully saturated rings. The Morgan fingerprint density at radius 1 is 1.42 bits per heavy atom. The molecule has 1 atom stereocenters. The molecule has 0 radical (unpaired) electrons. The van der Waals surface area contributed by atoms with E-state index in [1.165, 1.54) is 32.1 Å². The molecule has 0 spiro atoms. The molecule has 1 aliphatic carbocycles. The highest BCUT2D eigenvalue weighted by molar-refractivity contribution is 6.31. The van der Waals surface area contributed by atoms with Crippen LogP contribution in [0.25, 0.3) is 0 Å². The van der Waals surface area contributed by atoms with Gasteiger partial charge in [0.1, 0.15) is 0 Å². The van der Waals surface area contributed by atoms with Gasteiger partial charge in [0.05, 0.1) is 11.1 Å². The van der Waals surface area contributed by atoms with Crippen LogP contribution in [0.2, 0.25) is 5.02 Å². The van der Waals surface area contributed by atoms with Crippen LogP contribution in [0.4, 0.5) is 0 Å². The minimum atomic E-state index is -0.303. The van der Waals surface area contributed by atoms with Gasteiger partial charge in [0, 0.05) is 31.5 Å². The molecule has 0 aromatic carbocycles. The quantitative estimate of drug-likeness (QED) is 0.901. The Bertz CT molecular complexity index is 391. The summed E-state index contributed by atoms with van der Waals surface area (Å²) in [7, 11) is 0. The summed E-state index contributed by atoms with van der Waals surface area (Å²) in [4.78, 5) is 6.41. The van der Waals surface area contributed by atoms with E-state index in [9.17, 15) is 5.11 Å². The third-order valence-electron chi connectivity index (χ3n) is 3.82. The molecular weight excluding hydrogens is 260 g/mol. The third kappa shape index (κ3) is 4.44. The Kier molecular flexibility index (Phi) is 5.61. The van der Waals surface area contributed by atoms with Gasteiger partial charge >= 0.3 is 0 Å². The Balaban J connectivity index is 2.06. The predicted molar refractivity (Wildman–Crippen MR) is 78.2 cm³/mol. The highest BCUT2D eigenvalue weighted by Gasteiger charge is 2.22. The van der Waals surface area contributed by atoms with E-state index in [2.05, 4.69) is 9.88 Å². The molecule has 0 amide bonds. The highest BCUT2D eigenvalue weighted by Crippen LogP contribution is 2.25. The Morgan fingerprint density at radius 3 is 2.79 bits per heavy atom.